The van der Waals surface area contributed by atoms with Crippen molar-refractivity contribution in [3.05, 3.63) is 46.0 Å². The van der Waals surface area contributed by atoms with Gasteiger partial charge in [0, 0.05) is 11.6 Å². The van der Waals surface area contributed by atoms with Crippen molar-refractivity contribution in [2.45, 2.75) is 0 Å². The van der Waals surface area contributed by atoms with Gasteiger partial charge in [0.25, 0.3) is 5.89 Å². The molecular formula is C18H14N4O6. The minimum atomic E-state index is -0.590. The molecule has 0 aliphatic carbocycles. The van der Waals surface area contributed by atoms with Crippen molar-refractivity contribution in [2.24, 2.45) is 0 Å². The maximum atomic E-state index is 11.4. The fourth-order valence-corrected chi connectivity index (χ4v) is 2.58. The Morgan fingerprint density at radius 2 is 1.79 bits per heavy atom. The van der Waals surface area contributed by atoms with Gasteiger partial charge in [0.2, 0.25) is 11.6 Å². The number of nitrogens with zero attached hydrogens (tertiary/aromatic N) is 4. The molecule has 3 aromatic rings. The topological polar surface area (TPSA) is 134 Å². The van der Waals surface area contributed by atoms with Gasteiger partial charge >= 0.3 is 5.69 Å². The lowest BCUT2D eigenvalue weighted by atomic mass is 10.1. The van der Waals surface area contributed by atoms with E-state index in [2.05, 4.69) is 10.1 Å². The van der Waals surface area contributed by atoms with Crippen molar-refractivity contribution in [2.75, 3.05) is 21.3 Å². The first-order chi connectivity index (χ1) is 13.5. The van der Waals surface area contributed by atoms with Gasteiger partial charge in [-0.3, -0.25) is 10.1 Å². The number of hydrogen-bond donors (Lipinski definition) is 0. The van der Waals surface area contributed by atoms with Crippen LogP contribution in [0, 0.1) is 21.4 Å². The highest BCUT2D eigenvalue weighted by atomic mass is 16.6. The summed E-state index contributed by atoms with van der Waals surface area (Å²) in [5.74, 6) is 0.810. The zero-order chi connectivity index (χ0) is 20.3. The highest BCUT2D eigenvalue weighted by Gasteiger charge is 2.24. The minimum absolute atomic E-state index is 0.00665. The van der Waals surface area contributed by atoms with E-state index in [0.717, 1.165) is 0 Å². The third-order valence-electron chi connectivity index (χ3n) is 3.91. The predicted molar refractivity (Wildman–Crippen MR) is 96.2 cm³/mol. The summed E-state index contributed by atoms with van der Waals surface area (Å²) in [5, 5.41) is 24.3. The fourth-order valence-electron chi connectivity index (χ4n) is 2.58. The average Bonchev–Trinajstić information content (AvgIpc) is 3.22. The Labute approximate surface area is 159 Å². The van der Waals surface area contributed by atoms with Crippen molar-refractivity contribution in [1.29, 1.82) is 5.26 Å². The van der Waals surface area contributed by atoms with Gasteiger partial charge in [0.15, 0.2) is 5.75 Å². The highest BCUT2D eigenvalue weighted by molar-refractivity contribution is 5.70. The number of nitro benzene ring substituents is 1. The van der Waals surface area contributed by atoms with Crippen LogP contribution in [0.4, 0.5) is 5.69 Å². The van der Waals surface area contributed by atoms with Crippen molar-refractivity contribution in [1.82, 2.24) is 10.1 Å². The lowest BCUT2D eigenvalue weighted by molar-refractivity contribution is -0.385. The number of benzene rings is 2. The molecule has 142 valence electrons. The van der Waals surface area contributed by atoms with Crippen LogP contribution in [0.1, 0.15) is 5.56 Å². The standard InChI is InChI=1S/C18H14N4O6/c1-25-14-7-10(4-5-11(14)9-19)17-20-18(28-21-17)12-6-13(22(23)24)16(27-3)15(8-12)26-2/h4-8H,1-3H3. The summed E-state index contributed by atoms with van der Waals surface area (Å²) in [5.41, 5.74) is 0.923. The summed E-state index contributed by atoms with van der Waals surface area (Å²) in [6.07, 6.45) is 0. The van der Waals surface area contributed by atoms with Gasteiger partial charge in [0.05, 0.1) is 37.4 Å². The van der Waals surface area contributed by atoms with E-state index in [1.807, 2.05) is 6.07 Å². The maximum Gasteiger partial charge on any atom is 0.315 e. The molecule has 0 radical (unpaired) electrons. The molecule has 28 heavy (non-hydrogen) atoms. The molecule has 10 nitrogen and oxygen atoms in total. The molecule has 0 atom stereocenters. The molecule has 2 aromatic carbocycles. The molecule has 0 spiro atoms. The van der Waals surface area contributed by atoms with Crippen LogP contribution in [0.15, 0.2) is 34.9 Å². The lowest BCUT2D eigenvalue weighted by Crippen LogP contribution is -1.98. The van der Waals surface area contributed by atoms with Crippen LogP contribution in [0.2, 0.25) is 0 Å². The van der Waals surface area contributed by atoms with Crippen molar-refractivity contribution >= 4 is 5.69 Å². The van der Waals surface area contributed by atoms with Gasteiger partial charge in [-0.15, -0.1) is 0 Å². The van der Waals surface area contributed by atoms with Crippen LogP contribution < -0.4 is 14.2 Å². The van der Waals surface area contributed by atoms with Gasteiger partial charge in [-0.05, 0) is 24.3 Å². The molecule has 0 fully saturated rings. The number of nitriles is 1. The summed E-state index contributed by atoms with van der Waals surface area (Å²) < 4.78 is 20.7. The van der Waals surface area contributed by atoms with Crippen LogP contribution in [0.3, 0.4) is 0 Å². The molecule has 0 unspecified atom stereocenters. The zero-order valence-corrected chi connectivity index (χ0v) is 15.1. The van der Waals surface area contributed by atoms with Gasteiger partial charge in [-0.25, -0.2) is 0 Å². The summed E-state index contributed by atoms with van der Waals surface area (Å²) in [6.45, 7) is 0. The van der Waals surface area contributed by atoms with E-state index in [0.29, 0.717) is 22.4 Å². The average molecular weight is 382 g/mol. The highest BCUT2D eigenvalue weighted by Crippen LogP contribution is 2.40. The van der Waals surface area contributed by atoms with Crippen molar-refractivity contribution < 1.29 is 23.7 Å². The number of aromatic nitrogens is 2. The number of nitro groups is 1. The maximum absolute atomic E-state index is 11.4. The van der Waals surface area contributed by atoms with Gasteiger partial charge < -0.3 is 18.7 Å². The second-order valence-electron chi connectivity index (χ2n) is 5.44. The number of ether oxygens (including phenoxy) is 3. The molecule has 1 aromatic heterocycles. The Balaban J connectivity index is 2.06. The molecule has 10 heteroatoms. The summed E-state index contributed by atoms with van der Waals surface area (Å²) >= 11 is 0. The third-order valence-corrected chi connectivity index (χ3v) is 3.91. The molecule has 0 saturated heterocycles. The normalized spacial score (nSPS) is 10.2. The quantitative estimate of drug-likeness (QED) is 0.465. The molecule has 0 amide bonds. The first kappa shape index (κ1) is 18.7. The molecule has 0 aliphatic rings. The van der Waals surface area contributed by atoms with Crippen LogP contribution in [0.5, 0.6) is 17.2 Å². The van der Waals surface area contributed by atoms with Crippen LogP contribution in [0.25, 0.3) is 22.8 Å². The summed E-state index contributed by atoms with van der Waals surface area (Å²) in [7, 11) is 4.13. The largest absolute Gasteiger partial charge is 0.495 e. The monoisotopic (exact) mass is 382 g/mol. The van der Waals surface area contributed by atoms with E-state index in [1.54, 1.807) is 18.2 Å². The van der Waals surface area contributed by atoms with E-state index in [9.17, 15) is 10.1 Å². The Bertz CT molecular complexity index is 1090. The first-order valence-electron chi connectivity index (χ1n) is 7.85. The Morgan fingerprint density at radius 3 is 2.39 bits per heavy atom. The van der Waals surface area contributed by atoms with E-state index < -0.39 is 4.92 Å². The molecular weight excluding hydrogens is 368 g/mol. The van der Waals surface area contributed by atoms with Crippen LogP contribution in [-0.4, -0.2) is 36.4 Å². The number of hydrogen-bond acceptors (Lipinski definition) is 9. The van der Waals surface area contributed by atoms with Crippen molar-refractivity contribution in [3.8, 4) is 46.2 Å². The zero-order valence-electron chi connectivity index (χ0n) is 15.1. The first-order valence-corrected chi connectivity index (χ1v) is 7.85. The molecule has 0 saturated carbocycles. The SMILES string of the molecule is COc1cc(-c2noc(-c3cc(OC)c(OC)c([N+](=O)[O-])c3)n2)ccc1C#N. The molecule has 0 aliphatic heterocycles. The summed E-state index contributed by atoms with van der Waals surface area (Å²) in [4.78, 5) is 15.0. The van der Waals surface area contributed by atoms with Crippen LogP contribution in [-0.2, 0) is 0 Å². The summed E-state index contributed by atoms with van der Waals surface area (Å²) in [6, 6.07) is 9.60. The number of rotatable bonds is 6. The fraction of sp³-hybridized carbons (Fsp3) is 0.167. The van der Waals surface area contributed by atoms with E-state index >= 15 is 0 Å². The number of methoxy groups -OCH3 is 3. The molecule has 3 rings (SSSR count). The minimum Gasteiger partial charge on any atom is -0.495 e. The molecule has 0 N–H and O–H groups in total. The molecule has 1 heterocycles. The second kappa shape index (κ2) is 7.63. The predicted octanol–water partition coefficient (Wildman–Crippen LogP) is 3.21. The smallest absolute Gasteiger partial charge is 0.315 e. The van der Waals surface area contributed by atoms with Crippen molar-refractivity contribution in [3.63, 3.8) is 0 Å². The van der Waals surface area contributed by atoms with E-state index in [1.165, 1.54) is 33.5 Å². The Hall–Kier alpha value is -4.13. The van der Waals surface area contributed by atoms with Gasteiger partial charge in [-0.2, -0.15) is 10.2 Å². The lowest BCUT2D eigenvalue weighted by Gasteiger charge is -2.08. The van der Waals surface area contributed by atoms with Gasteiger partial charge in [-0.1, -0.05) is 5.16 Å². The van der Waals surface area contributed by atoms with E-state index in [4.69, 9.17) is 24.0 Å². The Morgan fingerprint density at radius 1 is 1.07 bits per heavy atom. The van der Waals surface area contributed by atoms with Gasteiger partial charge in [0.1, 0.15) is 11.8 Å². The third kappa shape index (κ3) is 3.28. The van der Waals surface area contributed by atoms with Crippen LogP contribution >= 0.6 is 0 Å². The van der Waals surface area contributed by atoms with E-state index in [-0.39, 0.29) is 28.9 Å². The second-order valence-corrected chi connectivity index (χ2v) is 5.44. The molecule has 0 bridgehead atoms. The Kier molecular flexibility index (Phi) is 5.08.